The minimum atomic E-state index is -0.779. The Kier molecular flexibility index (Phi) is 2.46. The number of carbonyl (C=O) groups excluding carboxylic acids is 1. The van der Waals surface area contributed by atoms with Crippen LogP contribution >= 0.6 is 0 Å². The first kappa shape index (κ1) is 12.2. The lowest BCUT2D eigenvalue weighted by molar-refractivity contribution is -0.140. The van der Waals surface area contributed by atoms with Crippen molar-refractivity contribution >= 4 is 11.9 Å². The van der Waals surface area contributed by atoms with Crippen molar-refractivity contribution in [1.82, 2.24) is 4.90 Å². The standard InChI is InChI=1S/C15H17NO3/c1-9(2)16-8-10-3-4-11(7-12(10)13(16)17)15(5-6-15)14(18)19/h3-4,7,9H,5-6,8H2,1-2H3,(H,18,19). The summed E-state index contributed by atoms with van der Waals surface area (Å²) in [7, 11) is 0. The van der Waals surface area contributed by atoms with Crippen molar-refractivity contribution in [3.05, 3.63) is 34.9 Å². The lowest BCUT2D eigenvalue weighted by atomic mass is 9.93. The van der Waals surface area contributed by atoms with Crippen molar-refractivity contribution < 1.29 is 14.7 Å². The van der Waals surface area contributed by atoms with E-state index in [4.69, 9.17) is 0 Å². The molecule has 4 nitrogen and oxygen atoms in total. The lowest BCUT2D eigenvalue weighted by Crippen LogP contribution is -2.30. The first-order valence-electron chi connectivity index (χ1n) is 6.63. The average Bonchev–Trinajstić information content (AvgIpc) is 3.10. The second-order valence-corrected chi connectivity index (χ2v) is 5.79. The molecule has 0 aromatic heterocycles. The summed E-state index contributed by atoms with van der Waals surface area (Å²) in [6.45, 7) is 4.61. The molecule has 100 valence electrons. The number of benzene rings is 1. The van der Waals surface area contributed by atoms with Gasteiger partial charge in [0.15, 0.2) is 0 Å². The van der Waals surface area contributed by atoms with Gasteiger partial charge in [-0.1, -0.05) is 12.1 Å². The summed E-state index contributed by atoms with van der Waals surface area (Å²) in [5.41, 5.74) is 1.72. The monoisotopic (exact) mass is 259 g/mol. The van der Waals surface area contributed by atoms with E-state index in [2.05, 4.69) is 0 Å². The van der Waals surface area contributed by atoms with Crippen molar-refractivity contribution in [2.75, 3.05) is 0 Å². The molecule has 1 amide bonds. The molecule has 1 aromatic rings. The fraction of sp³-hybridized carbons (Fsp3) is 0.467. The maximum absolute atomic E-state index is 12.3. The number of fused-ring (bicyclic) bond motifs is 1. The molecule has 19 heavy (non-hydrogen) atoms. The number of rotatable bonds is 3. The first-order chi connectivity index (χ1) is 8.95. The number of nitrogens with zero attached hydrogens (tertiary/aromatic N) is 1. The van der Waals surface area contributed by atoms with Crippen molar-refractivity contribution in [2.24, 2.45) is 0 Å². The molecule has 0 bridgehead atoms. The molecule has 0 unspecified atom stereocenters. The van der Waals surface area contributed by atoms with Crippen LogP contribution in [0.2, 0.25) is 0 Å². The molecule has 1 N–H and O–H groups in total. The highest BCUT2D eigenvalue weighted by Crippen LogP contribution is 2.49. The Bertz CT molecular complexity index is 573. The molecule has 4 heteroatoms. The van der Waals surface area contributed by atoms with Crippen LogP contribution in [0.4, 0.5) is 0 Å². The van der Waals surface area contributed by atoms with Crippen LogP contribution in [-0.2, 0) is 16.8 Å². The largest absolute Gasteiger partial charge is 0.481 e. The molecule has 1 aliphatic heterocycles. The van der Waals surface area contributed by atoms with Crippen LogP contribution < -0.4 is 0 Å². The molecular formula is C15H17NO3. The van der Waals surface area contributed by atoms with Crippen molar-refractivity contribution in [3.63, 3.8) is 0 Å². The summed E-state index contributed by atoms with van der Waals surface area (Å²) in [5, 5.41) is 9.32. The second kappa shape index (κ2) is 3.83. The van der Waals surface area contributed by atoms with Crippen LogP contribution in [0.15, 0.2) is 18.2 Å². The van der Waals surface area contributed by atoms with Gasteiger partial charge in [-0.3, -0.25) is 9.59 Å². The maximum atomic E-state index is 12.3. The van der Waals surface area contributed by atoms with Crippen LogP contribution in [0.3, 0.4) is 0 Å². The highest BCUT2D eigenvalue weighted by Gasteiger charge is 2.52. The Hall–Kier alpha value is -1.84. The van der Waals surface area contributed by atoms with E-state index >= 15 is 0 Å². The Balaban J connectivity index is 2.00. The second-order valence-electron chi connectivity index (χ2n) is 5.79. The van der Waals surface area contributed by atoms with Gasteiger partial charge in [-0.2, -0.15) is 0 Å². The third kappa shape index (κ3) is 1.66. The van der Waals surface area contributed by atoms with E-state index < -0.39 is 11.4 Å². The maximum Gasteiger partial charge on any atom is 0.314 e. The predicted octanol–water partition coefficient (Wildman–Crippen LogP) is 2.17. The lowest BCUT2D eigenvalue weighted by Gasteiger charge is -2.19. The summed E-state index contributed by atoms with van der Waals surface area (Å²) in [6.07, 6.45) is 1.34. The van der Waals surface area contributed by atoms with E-state index in [1.807, 2.05) is 30.9 Å². The SMILES string of the molecule is CC(C)N1Cc2ccc(C3(C(=O)O)CC3)cc2C1=O. The van der Waals surface area contributed by atoms with Crippen molar-refractivity contribution in [2.45, 2.75) is 44.7 Å². The number of hydrogen-bond acceptors (Lipinski definition) is 2. The van der Waals surface area contributed by atoms with Gasteiger partial charge in [0.2, 0.25) is 0 Å². The highest BCUT2D eigenvalue weighted by atomic mass is 16.4. The van der Waals surface area contributed by atoms with Crippen molar-refractivity contribution in [1.29, 1.82) is 0 Å². The van der Waals surface area contributed by atoms with Crippen LogP contribution in [-0.4, -0.2) is 27.9 Å². The fourth-order valence-electron chi connectivity index (χ4n) is 2.79. The zero-order valence-electron chi connectivity index (χ0n) is 11.1. The molecule has 0 radical (unpaired) electrons. The van der Waals surface area contributed by atoms with Crippen LogP contribution in [0, 0.1) is 0 Å². The Morgan fingerprint density at radius 3 is 2.58 bits per heavy atom. The van der Waals surface area contributed by atoms with Gasteiger partial charge in [0.1, 0.15) is 0 Å². The molecule has 1 aliphatic carbocycles. The quantitative estimate of drug-likeness (QED) is 0.905. The summed E-state index contributed by atoms with van der Waals surface area (Å²) in [4.78, 5) is 25.4. The van der Waals surface area contributed by atoms with E-state index in [1.165, 1.54) is 0 Å². The predicted molar refractivity (Wildman–Crippen MR) is 70.0 cm³/mol. The molecule has 0 saturated heterocycles. The average molecular weight is 259 g/mol. The molecule has 2 aliphatic rings. The van der Waals surface area contributed by atoms with Crippen LogP contribution in [0.5, 0.6) is 0 Å². The number of carbonyl (C=O) groups is 2. The van der Waals surface area contributed by atoms with E-state index in [-0.39, 0.29) is 11.9 Å². The molecule has 0 spiro atoms. The van der Waals surface area contributed by atoms with E-state index in [0.29, 0.717) is 24.9 Å². The zero-order valence-corrected chi connectivity index (χ0v) is 11.1. The van der Waals surface area contributed by atoms with Crippen LogP contribution in [0.25, 0.3) is 0 Å². The zero-order chi connectivity index (χ0) is 13.8. The van der Waals surface area contributed by atoms with Gasteiger partial charge in [-0.15, -0.1) is 0 Å². The van der Waals surface area contributed by atoms with E-state index in [1.54, 1.807) is 6.07 Å². The smallest absolute Gasteiger partial charge is 0.314 e. The molecule has 1 saturated carbocycles. The van der Waals surface area contributed by atoms with Gasteiger partial charge >= 0.3 is 5.97 Å². The molecule has 1 fully saturated rings. The number of amides is 1. The highest BCUT2D eigenvalue weighted by molar-refractivity contribution is 5.99. The van der Waals surface area contributed by atoms with Gasteiger partial charge in [0.05, 0.1) is 5.41 Å². The Morgan fingerprint density at radius 1 is 1.37 bits per heavy atom. The molecule has 3 rings (SSSR count). The topological polar surface area (TPSA) is 57.6 Å². The van der Waals surface area contributed by atoms with E-state index in [9.17, 15) is 14.7 Å². The summed E-state index contributed by atoms with van der Waals surface area (Å²) in [6, 6.07) is 5.74. The number of aliphatic carboxylic acids is 1. The summed E-state index contributed by atoms with van der Waals surface area (Å²) < 4.78 is 0. The molecule has 1 heterocycles. The number of carboxylic acid groups (broad SMARTS) is 1. The van der Waals surface area contributed by atoms with Gasteiger partial charge in [0, 0.05) is 18.2 Å². The first-order valence-corrected chi connectivity index (χ1v) is 6.63. The Labute approximate surface area is 112 Å². The molecule has 1 aromatic carbocycles. The fourth-order valence-corrected chi connectivity index (χ4v) is 2.79. The third-order valence-corrected chi connectivity index (χ3v) is 4.28. The van der Waals surface area contributed by atoms with Gasteiger partial charge in [-0.25, -0.2) is 0 Å². The third-order valence-electron chi connectivity index (χ3n) is 4.28. The minimum Gasteiger partial charge on any atom is -0.481 e. The van der Waals surface area contributed by atoms with Gasteiger partial charge in [-0.05, 0) is 43.9 Å². The normalized spacial score (nSPS) is 19.7. The number of carboxylic acids is 1. The Morgan fingerprint density at radius 2 is 2.05 bits per heavy atom. The summed E-state index contributed by atoms with van der Waals surface area (Å²) >= 11 is 0. The van der Waals surface area contributed by atoms with Gasteiger partial charge < -0.3 is 10.0 Å². The van der Waals surface area contributed by atoms with Crippen molar-refractivity contribution in [3.8, 4) is 0 Å². The number of hydrogen-bond donors (Lipinski definition) is 1. The van der Waals surface area contributed by atoms with Crippen LogP contribution in [0.1, 0.15) is 48.2 Å². The summed E-state index contributed by atoms with van der Waals surface area (Å²) in [5.74, 6) is -0.758. The molecule has 0 atom stereocenters. The van der Waals surface area contributed by atoms with E-state index in [0.717, 1.165) is 11.1 Å². The minimum absolute atomic E-state index is 0.0213. The molecular weight excluding hydrogens is 242 g/mol. The van der Waals surface area contributed by atoms with Gasteiger partial charge in [0.25, 0.3) is 5.91 Å².